The van der Waals surface area contributed by atoms with Gasteiger partial charge in [-0.1, -0.05) is 34.1 Å². The number of methoxy groups -OCH3 is 1. The van der Waals surface area contributed by atoms with E-state index in [0.717, 1.165) is 0 Å². The molecule has 4 unspecified atom stereocenters. The van der Waals surface area contributed by atoms with Gasteiger partial charge in [0.15, 0.2) is 0 Å². The van der Waals surface area contributed by atoms with Crippen LogP contribution in [0.5, 0.6) is 0 Å². The Morgan fingerprint density at radius 2 is 1.85 bits per heavy atom. The highest BCUT2D eigenvalue weighted by atomic mass is 16.5. The molecule has 1 amide bonds. The fraction of sp³-hybridized carbons (Fsp3) is 0.786. The van der Waals surface area contributed by atoms with Gasteiger partial charge < -0.3 is 15.2 Å². The van der Waals surface area contributed by atoms with Crippen molar-refractivity contribution in [1.82, 2.24) is 5.32 Å². The molecule has 0 spiro atoms. The van der Waals surface area contributed by atoms with Crippen molar-refractivity contribution in [3.8, 4) is 0 Å². The molecule has 1 fully saturated rings. The minimum Gasteiger partial charge on any atom is -0.481 e. The quantitative estimate of drug-likeness (QED) is 0.711. The number of amides is 1. The molecule has 1 aliphatic rings. The fourth-order valence-corrected chi connectivity index (χ4v) is 2.63. The first kappa shape index (κ1) is 16.5. The Kier molecular flexibility index (Phi) is 4.78. The van der Waals surface area contributed by atoms with Gasteiger partial charge >= 0.3 is 11.9 Å². The number of hydrogen-bond donors (Lipinski definition) is 2. The molecule has 0 saturated heterocycles. The number of carboxylic acid groups (broad SMARTS) is 1. The van der Waals surface area contributed by atoms with Gasteiger partial charge in [-0.3, -0.25) is 9.59 Å². The number of aliphatic carboxylic acids is 1. The van der Waals surface area contributed by atoms with E-state index in [1.54, 1.807) is 13.8 Å². The van der Waals surface area contributed by atoms with Crippen LogP contribution in [0.25, 0.3) is 0 Å². The molecule has 1 saturated carbocycles. The highest BCUT2D eigenvalue weighted by molar-refractivity contribution is 5.93. The van der Waals surface area contributed by atoms with Crippen molar-refractivity contribution in [1.29, 1.82) is 0 Å². The van der Waals surface area contributed by atoms with Crippen molar-refractivity contribution in [2.75, 3.05) is 7.11 Å². The summed E-state index contributed by atoms with van der Waals surface area (Å²) in [4.78, 5) is 35.0. The minimum absolute atomic E-state index is 0.0726. The maximum absolute atomic E-state index is 12.2. The summed E-state index contributed by atoms with van der Waals surface area (Å²) in [7, 11) is 1.27. The van der Waals surface area contributed by atoms with E-state index in [4.69, 9.17) is 9.84 Å². The van der Waals surface area contributed by atoms with Gasteiger partial charge in [-0.25, -0.2) is 4.79 Å². The van der Waals surface area contributed by atoms with Gasteiger partial charge in [-0.05, 0) is 11.3 Å². The van der Waals surface area contributed by atoms with Gasteiger partial charge in [-0.15, -0.1) is 0 Å². The number of hydrogen-bond acceptors (Lipinski definition) is 4. The normalized spacial score (nSPS) is 26.2. The highest BCUT2D eigenvalue weighted by Gasteiger charge is 2.66. The van der Waals surface area contributed by atoms with E-state index in [9.17, 15) is 14.4 Å². The first-order valence-electron chi connectivity index (χ1n) is 6.79. The number of rotatable bonds is 6. The van der Waals surface area contributed by atoms with E-state index in [0.29, 0.717) is 6.42 Å². The molecule has 20 heavy (non-hydrogen) atoms. The molecule has 0 radical (unpaired) electrons. The molecule has 0 aromatic rings. The minimum atomic E-state index is -0.978. The standard InChI is InChI=1S/C14H23NO5/c1-6-7(2)10(13(19)20-5)15-11(16)8-9(12(17)18)14(8,3)4/h7-10H,6H2,1-5H3,(H,15,16)(H,17,18). The van der Waals surface area contributed by atoms with Crippen LogP contribution in [-0.2, 0) is 19.1 Å². The number of esters is 1. The van der Waals surface area contributed by atoms with E-state index >= 15 is 0 Å². The van der Waals surface area contributed by atoms with Crippen molar-refractivity contribution in [3.63, 3.8) is 0 Å². The lowest BCUT2D eigenvalue weighted by atomic mass is 9.98. The summed E-state index contributed by atoms with van der Waals surface area (Å²) in [5, 5.41) is 11.7. The largest absolute Gasteiger partial charge is 0.481 e. The molecule has 1 rings (SSSR count). The second-order valence-electron chi connectivity index (χ2n) is 6.01. The first-order valence-corrected chi connectivity index (χ1v) is 6.79. The van der Waals surface area contributed by atoms with Crippen molar-refractivity contribution >= 4 is 17.8 Å². The summed E-state index contributed by atoms with van der Waals surface area (Å²) >= 11 is 0. The molecule has 2 N–H and O–H groups in total. The van der Waals surface area contributed by atoms with Crippen LogP contribution in [0.2, 0.25) is 0 Å². The molecule has 0 aromatic carbocycles. The van der Waals surface area contributed by atoms with Crippen LogP contribution in [0.3, 0.4) is 0 Å². The number of ether oxygens (including phenoxy) is 1. The molecule has 0 heterocycles. The van der Waals surface area contributed by atoms with Crippen LogP contribution < -0.4 is 5.32 Å². The van der Waals surface area contributed by atoms with Gasteiger partial charge in [0.2, 0.25) is 5.91 Å². The Morgan fingerprint density at radius 1 is 1.30 bits per heavy atom. The predicted molar refractivity (Wildman–Crippen MR) is 71.8 cm³/mol. The maximum Gasteiger partial charge on any atom is 0.328 e. The average molecular weight is 285 g/mol. The number of carbonyl (C=O) groups excluding carboxylic acids is 2. The van der Waals surface area contributed by atoms with Gasteiger partial charge in [0.1, 0.15) is 6.04 Å². The topological polar surface area (TPSA) is 92.7 Å². The van der Waals surface area contributed by atoms with Crippen LogP contribution in [0.1, 0.15) is 34.1 Å². The molecule has 0 aliphatic heterocycles. The molecule has 114 valence electrons. The Morgan fingerprint density at radius 3 is 2.20 bits per heavy atom. The lowest BCUT2D eigenvalue weighted by Gasteiger charge is -2.22. The van der Waals surface area contributed by atoms with Crippen molar-refractivity contribution in [3.05, 3.63) is 0 Å². The molecule has 1 aliphatic carbocycles. The number of carbonyl (C=O) groups is 3. The van der Waals surface area contributed by atoms with E-state index < -0.39 is 41.1 Å². The van der Waals surface area contributed by atoms with Gasteiger partial charge in [0.25, 0.3) is 0 Å². The third-order valence-electron chi connectivity index (χ3n) is 4.34. The SMILES string of the molecule is CCC(C)C(NC(=O)C1C(C(=O)O)C1(C)C)C(=O)OC. The van der Waals surface area contributed by atoms with E-state index in [-0.39, 0.29) is 5.92 Å². The van der Waals surface area contributed by atoms with Gasteiger partial charge in [0, 0.05) is 0 Å². The summed E-state index contributed by atoms with van der Waals surface area (Å²) in [6, 6.07) is -0.733. The van der Waals surface area contributed by atoms with Crippen molar-refractivity contribution < 1.29 is 24.2 Å². The Labute approximate surface area is 118 Å². The summed E-state index contributed by atoms with van der Waals surface area (Å²) in [6.07, 6.45) is 0.705. The summed E-state index contributed by atoms with van der Waals surface area (Å²) in [6.45, 7) is 7.24. The summed E-state index contributed by atoms with van der Waals surface area (Å²) in [5.74, 6) is -3.24. The van der Waals surface area contributed by atoms with Crippen molar-refractivity contribution in [2.24, 2.45) is 23.2 Å². The zero-order chi connectivity index (χ0) is 15.7. The third-order valence-corrected chi connectivity index (χ3v) is 4.34. The average Bonchev–Trinajstić information content (AvgIpc) is 2.97. The second-order valence-corrected chi connectivity index (χ2v) is 6.01. The molecular weight excluding hydrogens is 262 g/mol. The molecule has 4 atom stereocenters. The lowest BCUT2D eigenvalue weighted by molar-refractivity contribution is -0.147. The van der Waals surface area contributed by atoms with E-state index in [1.165, 1.54) is 7.11 Å². The van der Waals surface area contributed by atoms with E-state index in [2.05, 4.69) is 5.32 Å². The van der Waals surface area contributed by atoms with Crippen LogP contribution in [0.15, 0.2) is 0 Å². The van der Waals surface area contributed by atoms with Crippen LogP contribution in [0, 0.1) is 23.2 Å². The Bertz CT molecular complexity index is 418. The Balaban J connectivity index is 2.78. The zero-order valence-electron chi connectivity index (χ0n) is 12.6. The molecular formula is C14H23NO5. The molecule has 6 nitrogen and oxygen atoms in total. The van der Waals surface area contributed by atoms with Crippen LogP contribution in [-0.4, -0.2) is 36.1 Å². The molecule has 0 aromatic heterocycles. The Hall–Kier alpha value is -1.59. The van der Waals surface area contributed by atoms with Crippen LogP contribution in [0.4, 0.5) is 0 Å². The van der Waals surface area contributed by atoms with Gasteiger partial charge in [-0.2, -0.15) is 0 Å². The monoisotopic (exact) mass is 285 g/mol. The van der Waals surface area contributed by atoms with Crippen LogP contribution >= 0.6 is 0 Å². The van der Waals surface area contributed by atoms with Crippen molar-refractivity contribution in [2.45, 2.75) is 40.2 Å². The summed E-state index contributed by atoms with van der Waals surface area (Å²) < 4.78 is 4.69. The third kappa shape index (κ3) is 2.94. The molecule has 0 bridgehead atoms. The predicted octanol–water partition coefficient (Wildman–Crippen LogP) is 1.05. The second kappa shape index (κ2) is 5.81. The number of carboxylic acids is 1. The highest BCUT2D eigenvalue weighted by Crippen LogP contribution is 2.58. The van der Waals surface area contributed by atoms with Gasteiger partial charge in [0.05, 0.1) is 18.9 Å². The maximum atomic E-state index is 12.2. The number of nitrogens with one attached hydrogen (secondary N) is 1. The van der Waals surface area contributed by atoms with E-state index in [1.807, 2.05) is 13.8 Å². The fourth-order valence-electron chi connectivity index (χ4n) is 2.63. The zero-order valence-corrected chi connectivity index (χ0v) is 12.6. The summed E-state index contributed by atoms with van der Waals surface area (Å²) in [5.41, 5.74) is -0.577. The lowest BCUT2D eigenvalue weighted by Crippen LogP contribution is -2.46. The smallest absolute Gasteiger partial charge is 0.328 e. The first-order chi connectivity index (χ1) is 9.18. The molecule has 6 heteroatoms.